The summed E-state index contributed by atoms with van der Waals surface area (Å²) in [6.07, 6.45) is 3.11. The van der Waals surface area contributed by atoms with Crippen molar-refractivity contribution in [1.82, 2.24) is 19.7 Å². The van der Waals surface area contributed by atoms with Gasteiger partial charge in [0.1, 0.15) is 22.5 Å². The summed E-state index contributed by atoms with van der Waals surface area (Å²) in [5, 5.41) is 13.8. The van der Waals surface area contributed by atoms with Gasteiger partial charge in [0.15, 0.2) is 4.88 Å². The molecule has 0 bridgehead atoms. The molecule has 0 saturated heterocycles. The number of amides is 1. The van der Waals surface area contributed by atoms with Gasteiger partial charge in [0.25, 0.3) is 5.91 Å². The van der Waals surface area contributed by atoms with Crippen LogP contribution in [0, 0.1) is 0 Å². The van der Waals surface area contributed by atoms with Gasteiger partial charge in [-0.3, -0.25) is 9.20 Å². The fourth-order valence-corrected chi connectivity index (χ4v) is 4.60. The number of thiazole rings is 1. The minimum Gasteiger partial charge on any atom is -0.469 e. The van der Waals surface area contributed by atoms with Crippen LogP contribution in [0.3, 0.4) is 0 Å². The molecule has 0 fully saturated rings. The first-order valence-electron chi connectivity index (χ1n) is 10.7. The Morgan fingerprint density at radius 1 is 1.35 bits per heavy atom. The van der Waals surface area contributed by atoms with Crippen LogP contribution >= 0.6 is 22.9 Å². The molecule has 0 aliphatic heterocycles. The van der Waals surface area contributed by atoms with E-state index in [0.717, 1.165) is 33.8 Å². The van der Waals surface area contributed by atoms with E-state index in [-0.39, 0.29) is 17.4 Å². The number of rotatable bonds is 9. The molecular formula is C24H26ClN5O3S. The Hall–Kier alpha value is -2.98. The van der Waals surface area contributed by atoms with Crippen molar-refractivity contribution >= 4 is 34.5 Å². The average Bonchev–Trinajstić information content (AvgIpc) is 3.42. The first kappa shape index (κ1) is 24.2. The number of primary amides is 1. The zero-order valence-electron chi connectivity index (χ0n) is 19.1. The summed E-state index contributed by atoms with van der Waals surface area (Å²) >= 11 is 7.71. The van der Waals surface area contributed by atoms with Crippen molar-refractivity contribution in [2.75, 3.05) is 6.61 Å². The van der Waals surface area contributed by atoms with Gasteiger partial charge >= 0.3 is 0 Å². The highest BCUT2D eigenvalue weighted by Gasteiger charge is 2.23. The van der Waals surface area contributed by atoms with Gasteiger partial charge in [0, 0.05) is 28.9 Å². The molecule has 1 amide bonds. The predicted octanol–water partition coefficient (Wildman–Crippen LogP) is 4.21. The van der Waals surface area contributed by atoms with Crippen LogP contribution in [-0.4, -0.2) is 37.5 Å². The number of hydrogen-bond acceptors (Lipinski definition) is 7. The molecule has 0 radical (unpaired) electrons. The van der Waals surface area contributed by atoms with Crippen molar-refractivity contribution in [3.63, 3.8) is 0 Å². The number of aromatic nitrogens is 3. The van der Waals surface area contributed by atoms with Crippen LogP contribution in [0.25, 0.3) is 16.3 Å². The van der Waals surface area contributed by atoms with Crippen molar-refractivity contribution < 1.29 is 14.6 Å². The van der Waals surface area contributed by atoms with E-state index in [0.29, 0.717) is 16.6 Å². The molecule has 1 atom stereocenters. The molecule has 4 rings (SSSR count). The third kappa shape index (κ3) is 5.07. The Morgan fingerprint density at radius 3 is 2.85 bits per heavy atom. The number of aliphatic hydroxyl groups is 1. The van der Waals surface area contributed by atoms with E-state index in [4.69, 9.17) is 22.1 Å². The van der Waals surface area contributed by atoms with Crippen LogP contribution in [0.5, 0.6) is 5.88 Å². The molecular weight excluding hydrogens is 474 g/mol. The van der Waals surface area contributed by atoms with Gasteiger partial charge in [0.05, 0.1) is 12.8 Å². The molecule has 0 spiro atoms. The number of imidazole rings is 1. The summed E-state index contributed by atoms with van der Waals surface area (Å²) in [6, 6.07) is 11.4. The number of nitrogens with two attached hydrogens (primary N) is 1. The molecule has 3 aromatic heterocycles. The maximum Gasteiger partial charge on any atom is 0.264 e. The van der Waals surface area contributed by atoms with E-state index in [1.54, 1.807) is 6.20 Å². The van der Waals surface area contributed by atoms with Gasteiger partial charge in [-0.2, -0.15) is 4.98 Å². The smallest absolute Gasteiger partial charge is 0.264 e. The van der Waals surface area contributed by atoms with E-state index in [1.165, 1.54) is 0 Å². The molecule has 178 valence electrons. The third-order valence-electron chi connectivity index (χ3n) is 5.41. The molecule has 4 aromatic rings. The maximum atomic E-state index is 12.1. The largest absolute Gasteiger partial charge is 0.469 e. The Bertz CT molecular complexity index is 1330. The van der Waals surface area contributed by atoms with Crippen molar-refractivity contribution in [3.8, 4) is 16.6 Å². The monoisotopic (exact) mass is 499 g/mol. The first-order valence-corrected chi connectivity index (χ1v) is 11.9. The number of aliphatic hydroxyl groups excluding tert-OH is 1. The van der Waals surface area contributed by atoms with Crippen LogP contribution in [-0.2, 0) is 6.54 Å². The highest BCUT2D eigenvalue weighted by molar-refractivity contribution is 7.17. The summed E-state index contributed by atoms with van der Waals surface area (Å²) < 4.78 is 7.96. The van der Waals surface area contributed by atoms with Gasteiger partial charge in [-0.25, -0.2) is 4.98 Å². The zero-order valence-corrected chi connectivity index (χ0v) is 20.7. The fourth-order valence-electron chi connectivity index (χ4n) is 3.38. The van der Waals surface area contributed by atoms with E-state index in [9.17, 15) is 9.90 Å². The van der Waals surface area contributed by atoms with Crippen LogP contribution in [0.1, 0.15) is 47.7 Å². The van der Waals surface area contributed by atoms with Crippen molar-refractivity contribution in [3.05, 3.63) is 69.8 Å². The van der Waals surface area contributed by atoms with E-state index < -0.39 is 17.6 Å². The number of halogens is 1. The van der Waals surface area contributed by atoms with Gasteiger partial charge in [-0.15, -0.1) is 11.3 Å². The van der Waals surface area contributed by atoms with Crippen molar-refractivity contribution in [2.24, 2.45) is 5.73 Å². The van der Waals surface area contributed by atoms with E-state index in [2.05, 4.69) is 15.3 Å². The van der Waals surface area contributed by atoms with Crippen molar-refractivity contribution in [1.29, 1.82) is 0 Å². The second-order valence-electron chi connectivity index (χ2n) is 8.60. The SMILES string of the molecule is C[C@@H](Oc1nc(-c2cnc3ccccn23)sc1C(N)=O)c1ccc(CNC(C)(C)CO)cc1Cl. The lowest BCUT2D eigenvalue weighted by atomic mass is 10.0. The molecule has 1 aromatic carbocycles. The molecule has 4 N–H and O–H groups in total. The first-order chi connectivity index (χ1) is 16.2. The molecule has 0 unspecified atom stereocenters. The highest BCUT2D eigenvalue weighted by Crippen LogP contribution is 2.36. The quantitative estimate of drug-likeness (QED) is 0.318. The highest BCUT2D eigenvalue weighted by atomic mass is 35.5. The molecule has 8 nitrogen and oxygen atoms in total. The number of benzene rings is 1. The molecule has 0 aliphatic rings. The zero-order chi connectivity index (χ0) is 24.5. The fraction of sp³-hybridized carbons (Fsp3) is 0.292. The van der Waals surface area contributed by atoms with Crippen LogP contribution in [0.4, 0.5) is 0 Å². The number of nitrogens with one attached hydrogen (secondary N) is 1. The summed E-state index contributed by atoms with van der Waals surface area (Å²) in [5.41, 5.74) is 8.47. The minimum absolute atomic E-state index is 0.0244. The minimum atomic E-state index is -0.612. The van der Waals surface area contributed by atoms with Crippen LogP contribution in [0.2, 0.25) is 5.02 Å². The van der Waals surface area contributed by atoms with Crippen LogP contribution < -0.4 is 15.8 Å². The van der Waals surface area contributed by atoms with Crippen LogP contribution in [0.15, 0.2) is 48.8 Å². The summed E-state index contributed by atoms with van der Waals surface area (Å²) in [4.78, 5) is 21.3. The molecule has 34 heavy (non-hydrogen) atoms. The van der Waals surface area contributed by atoms with E-state index in [1.807, 2.05) is 67.8 Å². The topological polar surface area (TPSA) is 115 Å². The normalized spacial score (nSPS) is 12.7. The summed E-state index contributed by atoms with van der Waals surface area (Å²) in [6.45, 7) is 6.26. The molecule has 3 heterocycles. The standard InChI is InChI=1S/C24H26ClN5O3S/c1-14(16-8-7-15(10-17(16)25)11-28-24(2,3)13-31)33-22-20(21(26)32)34-23(29-22)18-12-27-19-6-4-5-9-30(18)19/h4-10,12,14,28,31H,11,13H2,1-3H3,(H2,26,32)/t14-/m1/s1. The lowest BCUT2D eigenvalue weighted by Gasteiger charge is -2.24. The lowest BCUT2D eigenvalue weighted by molar-refractivity contribution is 0.0997. The number of nitrogens with zero attached hydrogens (tertiary/aromatic N) is 3. The van der Waals surface area contributed by atoms with Gasteiger partial charge in [0.2, 0.25) is 5.88 Å². The molecule has 0 saturated carbocycles. The predicted molar refractivity (Wildman–Crippen MR) is 133 cm³/mol. The Labute approximate surface area is 206 Å². The lowest BCUT2D eigenvalue weighted by Crippen LogP contribution is -2.42. The number of carbonyl (C=O) groups is 1. The van der Waals surface area contributed by atoms with Gasteiger partial charge < -0.3 is 20.9 Å². The Kier molecular flexibility index (Phi) is 6.90. The van der Waals surface area contributed by atoms with Gasteiger partial charge in [-0.1, -0.05) is 29.8 Å². The number of fused-ring (bicyclic) bond motifs is 1. The van der Waals surface area contributed by atoms with Crippen molar-refractivity contribution in [2.45, 2.75) is 39.0 Å². The number of hydrogen-bond donors (Lipinski definition) is 3. The number of pyridine rings is 1. The number of ether oxygens (including phenoxy) is 1. The molecule has 0 aliphatic carbocycles. The Balaban J connectivity index is 1.57. The summed E-state index contributed by atoms with van der Waals surface area (Å²) in [7, 11) is 0. The summed E-state index contributed by atoms with van der Waals surface area (Å²) in [5.74, 6) is -0.448. The van der Waals surface area contributed by atoms with E-state index >= 15 is 0 Å². The third-order valence-corrected chi connectivity index (χ3v) is 6.81. The maximum absolute atomic E-state index is 12.1. The second-order valence-corrected chi connectivity index (χ2v) is 10.0. The molecule has 10 heteroatoms. The Morgan fingerprint density at radius 2 is 2.15 bits per heavy atom. The second kappa shape index (κ2) is 9.71. The number of carbonyl (C=O) groups excluding carboxylic acids is 1. The average molecular weight is 500 g/mol. The van der Waals surface area contributed by atoms with Gasteiger partial charge in [-0.05, 0) is 44.5 Å².